The number of carbonyl (C=O) groups is 1. The topological polar surface area (TPSA) is 52.3 Å². The van der Waals surface area contributed by atoms with Crippen LogP contribution in [0.15, 0.2) is 0 Å². The summed E-state index contributed by atoms with van der Waals surface area (Å²) in [6.07, 6.45) is 0.997. The summed E-state index contributed by atoms with van der Waals surface area (Å²) < 4.78 is 4.84. The highest BCUT2D eigenvalue weighted by atomic mass is 32.1. The Labute approximate surface area is 72.7 Å². The molecule has 3 nitrogen and oxygen atoms in total. The monoisotopic (exact) mass is 177 g/mol. The van der Waals surface area contributed by atoms with Gasteiger partial charge >= 0.3 is 6.09 Å². The third kappa shape index (κ3) is 6.04. The zero-order valence-corrected chi connectivity index (χ0v) is 7.86. The van der Waals surface area contributed by atoms with Gasteiger partial charge in [-0.05, 0) is 32.4 Å². The predicted octanol–water partition coefficient (Wildman–Crippen LogP) is 1.57. The Bertz CT molecular complexity index is 136. The largest absolute Gasteiger partial charge is 0.444 e. The van der Waals surface area contributed by atoms with Crippen molar-refractivity contribution in [2.24, 2.45) is 5.73 Å². The third-order valence-corrected chi connectivity index (χ3v) is 1.63. The fourth-order valence-electron chi connectivity index (χ4n) is 0.828. The lowest BCUT2D eigenvalue weighted by atomic mass is 10.0. The van der Waals surface area contributed by atoms with Gasteiger partial charge in [0.2, 0.25) is 0 Å². The highest BCUT2D eigenvalue weighted by Crippen LogP contribution is 2.16. The molecule has 0 aliphatic heterocycles. The van der Waals surface area contributed by atoms with Gasteiger partial charge in [-0.15, -0.1) is 0 Å². The standard InChI is InChI=1S/C7H15NO2S/c1-7(2,4-3-5-11)10-6(8)9/h11H,3-5H2,1-2H3,(H2,8,9). The van der Waals surface area contributed by atoms with E-state index in [0.717, 1.165) is 18.6 Å². The Hall–Kier alpha value is -0.380. The van der Waals surface area contributed by atoms with Crippen LogP contribution < -0.4 is 5.73 Å². The summed E-state index contributed by atoms with van der Waals surface area (Å²) in [7, 11) is 0. The van der Waals surface area contributed by atoms with Crippen LogP contribution in [0.1, 0.15) is 26.7 Å². The number of amides is 1. The maximum Gasteiger partial charge on any atom is 0.405 e. The van der Waals surface area contributed by atoms with E-state index < -0.39 is 11.7 Å². The molecule has 0 atom stereocenters. The molecule has 1 amide bonds. The van der Waals surface area contributed by atoms with Gasteiger partial charge in [0.15, 0.2) is 0 Å². The van der Waals surface area contributed by atoms with Crippen molar-refractivity contribution in [1.82, 2.24) is 0 Å². The summed E-state index contributed by atoms with van der Waals surface area (Å²) in [4.78, 5) is 10.4. The number of carbonyl (C=O) groups excluding carboxylic acids is 1. The van der Waals surface area contributed by atoms with Crippen molar-refractivity contribution in [2.75, 3.05) is 5.75 Å². The molecule has 0 rings (SSSR count). The summed E-state index contributed by atoms with van der Waals surface area (Å²) in [5.41, 5.74) is 4.42. The van der Waals surface area contributed by atoms with Crippen LogP contribution in [-0.2, 0) is 4.74 Å². The molecule has 0 heterocycles. The number of nitrogens with two attached hydrogens (primary N) is 1. The molecule has 66 valence electrons. The Morgan fingerprint density at radius 2 is 2.18 bits per heavy atom. The first-order valence-corrected chi connectivity index (χ1v) is 4.20. The van der Waals surface area contributed by atoms with Gasteiger partial charge in [-0.25, -0.2) is 4.79 Å². The third-order valence-electron chi connectivity index (χ3n) is 1.31. The van der Waals surface area contributed by atoms with E-state index in [1.165, 1.54) is 0 Å². The molecule has 0 saturated heterocycles. The molecule has 0 bridgehead atoms. The first-order chi connectivity index (χ1) is 4.98. The molecule has 0 fully saturated rings. The smallest absolute Gasteiger partial charge is 0.405 e. The lowest BCUT2D eigenvalue weighted by Crippen LogP contribution is -2.31. The van der Waals surface area contributed by atoms with Gasteiger partial charge < -0.3 is 10.5 Å². The van der Waals surface area contributed by atoms with E-state index in [4.69, 9.17) is 10.5 Å². The van der Waals surface area contributed by atoms with Crippen LogP contribution in [0.5, 0.6) is 0 Å². The summed E-state index contributed by atoms with van der Waals surface area (Å²) >= 11 is 4.05. The van der Waals surface area contributed by atoms with E-state index in [9.17, 15) is 4.79 Å². The number of primary amides is 1. The molecule has 11 heavy (non-hydrogen) atoms. The van der Waals surface area contributed by atoms with Crippen molar-refractivity contribution in [1.29, 1.82) is 0 Å². The van der Waals surface area contributed by atoms with Crippen LogP contribution in [0.4, 0.5) is 4.79 Å². The van der Waals surface area contributed by atoms with E-state index in [0.29, 0.717) is 0 Å². The lowest BCUT2D eigenvalue weighted by Gasteiger charge is -2.23. The van der Waals surface area contributed by atoms with Gasteiger partial charge in [0.1, 0.15) is 5.60 Å². The molecule has 0 spiro atoms. The number of rotatable bonds is 4. The number of ether oxygens (including phenoxy) is 1. The highest BCUT2D eigenvalue weighted by molar-refractivity contribution is 7.80. The van der Waals surface area contributed by atoms with Crippen molar-refractivity contribution in [3.8, 4) is 0 Å². The molecule has 0 aromatic heterocycles. The Morgan fingerprint density at radius 3 is 2.55 bits per heavy atom. The van der Waals surface area contributed by atoms with E-state index in [2.05, 4.69) is 12.6 Å². The van der Waals surface area contributed by atoms with Gasteiger partial charge in [-0.3, -0.25) is 0 Å². The Morgan fingerprint density at radius 1 is 1.64 bits per heavy atom. The maximum absolute atomic E-state index is 10.4. The fourth-order valence-corrected chi connectivity index (χ4v) is 0.986. The first-order valence-electron chi connectivity index (χ1n) is 3.57. The fraction of sp³-hybridized carbons (Fsp3) is 0.857. The Kier molecular flexibility index (Phi) is 4.33. The van der Waals surface area contributed by atoms with Crippen LogP contribution in [-0.4, -0.2) is 17.4 Å². The summed E-state index contributed by atoms with van der Waals surface area (Å²) in [6, 6.07) is 0. The van der Waals surface area contributed by atoms with Crippen LogP contribution in [0.3, 0.4) is 0 Å². The van der Waals surface area contributed by atoms with Crippen LogP contribution in [0.25, 0.3) is 0 Å². The van der Waals surface area contributed by atoms with Crippen molar-refractivity contribution in [3.63, 3.8) is 0 Å². The minimum atomic E-state index is -0.714. The number of thiol groups is 1. The van der Waals surface area contributed by atoms with Gasteiger partial charge in [0.05, 0.1) is 0 Å². The van der Waals surface area contributed by atoms with Crippen LogP contribution in [0.2, 0.25) is 0 Å². The van der Waals surface area contributed by atoms with E-state index >= 15 is 0 Å². The van der Waals surface area contributed by atoms with Crippen LogP contribution in [0, 0.1) is 0 Å². The van der Waals surface area contributed by atoms with Gasteiger partial charge in [-0.2, -0.15) is 12.6 Å². The van der Waals surface area contributed by atoms with E-state index in [1.54, 1.807) is 0 Å². The molecule has 0 aliphatic carbocycles. The molecule has 0 aromatic carbocycles. The number of hydrogen-bond acceptors (Lipinski definition) is 3. The SMILES string of the molecule is CC(C)(CCCS)OC(N)=O. The minimum Gasteiger partial charge on any atom is -0.444 e. The average Bonchev–Trinajstić information content (AvgIpc) is 1.81. The minimum absolute atomic E-state index is 0.450. The van der Waals surface area contributed by atoms with Crippen molar-refractivity contribution >= 4 is 18.7 Å². The van der Waals surface area contributed by atoms with Crippen molar-refractivity contribution in [3.05, 3.63) is 0 Å². The van der Waals surface area contributed by atoms with Crippen LogP contribution >= 0.6 is 12.6 Å². The van der Waals surface area contributed by atoms with E-state index in [1.807, 2.05) is 13.8 Å². The van der Waals surface area contributed by atoms with Crippen molar-refractivity contribution in [2.45, 2.75) is 32.3 Å². The van der Waals surface area contributed by atoms with Gasteiger partial charge in [-0.1, -0.05) is 0 Å². The van der Waals surface area contributed by atoms with Crippen molar-refractivity contribution < 1.29 is 9.53 Å². The molecule has 0 radical (unpaired) electrons. The molecule has 2 N–H and O–H groups in total. The lowest BCUT2D eigenvalue weighted by molar-refractivity contribution is 0.0389. The molecule has 0 saturated carbocycles. The summed E-state index contributed by atoms with van der Waals surface area (Å²) in [6.45, 7) is 3.67. The first kappa shape index (κ1) is 10.6. The second kappa shape index (κ2) is 4.49. The van der Waals surface area contributed by atoms with E-state index in [-0.39, 0.29) is 0 Å². The normalized spacial score (nSPS) is 11.2. The molecule has 0 aliphatic rings. The van der Waals surface area contributed by atoms with Gasteiger partial charge in [0, 0.05) is 0 Å². The molecular weight excluding hydrogens is 162 g/mol. The second-order valence-electron chi connectivity index (χ2n) is 3.01. The summed E-state index contributed by atoms with van der Waals surface area (Å²) in [5, 5.41) is 0. The predicted molar refractivity (Wildman–Crippen MR) is 47.8 cm³/mol. The molecule has 0 aromatic rings. The quantitative estimate of drug-likeness (QED) is 0.640. The average molecular weight is 177 g/mol. The summed E-state index contributed by atoms with van der Waals surface area (Å²) in [5.74, 6) is 0.797. The number of hydrogen-bond donors (Lipinski definition) is 2. The highest BCUT2D eigenvalue weighted by Gasteiger charge is 2.20. The Balaban J connectivity index is 3.70. The molecule has 0 unspecified atom stereocenters. The molecule has 4 heteroatoms. The maximum atomic E-state index is 10.4. The molecular formula is C7H15NO2S. The zero-order chi connectivity index (χ0) is 8.91. The van der Waals surface area contributed by atoms with Gasteiger partial charge in [0.25, 0.3) is 0 Å². The zero-order valence-electron chi connectivity index (χ0n) is 6.96. The second-order valence-corrected chi connectivity index (χ2v) is 3.46.